The van der Waals surface area contributed by atoms with Gasteiger partial charge < -0.3 is 20.8 Å². The lowest BCUT2D eigenvalue weighted by Crippen LogP contribution is -2.54. The van der Waals surface area contributed by atoms with Crippen molar-refractivity contribution in [2.45, 2.75) is 33.1 Å². The number of amides is 1. The zero-order valence-corrected chi connectivity index (χ0v) is 12.5. The molecule has 0 radical (unpaired) electrons. The highest BCUT2D eigenvalue weighted by atomic mass is 16.4. The number of carbonyl (C=O) groups is 3. The molecule has 0 aromatic carbocycles. The van der Waals surface area contributed by atoms with Crippen molar-refractivity contribution in [2.24, 2.45) is 23.0 Å². The maximum atomic E-state index is 12.7. The molecule has 2 atom stereocenters. The molecule has 7 heteroatoms. The van der Waals surface area contributed by atoms with Gasteiger partial charge in [0.25, 0.3) is 0 Å². The number of carbonyl (C=O) groups excluding carboxylic acids is 1. The van der Waals surface area contributed by atoms with Crippen LogP contribution in [0.2, 0.25) is 0 Å². The number of nitrogens with zero attached hydrogens (tertiary/aromatic N) is 1. The Hall–Kier alpha value is -1.63. The van der Waals surface area contributed by atoms with Gasteiger partial charge in [-0.05, 0) is 19.3 Å². The molecule has 21 heavy (non-hydrogen) atoms. The molecular weight excluding hydrogens is 276 g/mol. The summed E-state index contributed by atoms with van der Waals surface area (Å²) in [6.45, 7) is 4.17. The zero-order chi connectivity index (χ0) is 16.2. The average molecular weight is 300 g/mol. The summed E-state index contributed by atoms with van der Waals surface area (Å²) >= 11 is 0. The van der Waals surface area contributed by atoms with E-state index in [2.05, 4.69) is 0 Å². The van der Waals surface area contributed by atoms with Crippen molar-refractivity contribution >= 4 is 17.8 Å². The third-order valence-electron chi connectivity index (χ3n) is 4.73. The average Bonchev–Trinajstić information content (AvgIpc) is 2.48. The van der Waals surface area contributed by atoms with E-state index in [9.17, 15) is 19.5 Å². The number of carboxylic acid groups (broad SMARTS) is 2. The molecule has 0 saturated carbocycles. The standard InChI is InChI=1S/C14H24N2O5/c1-3-14(4-2,8-15)13(21)16-6-5-9(11(17)18)10(7-16)12(19)20/h9-10H,3-8,15H2,1-2H3,(H,17,18)(H,19,20). The Balaban J connectivity index is 2.94. The van der Waals surface area contributed by atoms with E-state index in [-0.39, 0.29) is 32.0 Å². The van der Waals surface area contributed by atoms with Gasteiger partial charge in [0.2, 0.25) is 5.91 Å². The number of likely N-dealkylation sites (tertiary alicyclic amines) is 1. The van der Waals surface area contributed by atoms with Crippen LogP contribution < -0.4 is 5.73 Å². The van der Waals surface area contributed by atoms with E-state index in [0.29, 0.717) is 12.8 Å². The van der Waals surface area contributed by atoms with Crippen molar-refractivity contribution in [1.82, 2.24) is 4.90 Å². The molecule has 0 aromatic rings. The Morgan fingerprint density at radius 2 is 1.67 bits per heavy atom. The molecule has 1 aliphatic heterocycles. The summed E-state index contributed by atoms with van der Waals surface area (Å²) in [6, 6.07) is 0. The zero-order valence-electron chi connectivity index (χ0n) is 12.5. The number of piperidine rings is 1. The Morgan fingerprint density at radius 3 is 2.05 bits per heavy atom. The summed E-state index contributed by atoms with van der Waals surface area (Å²) < 4.78 is 0. The van der Waals surface area contributed by atoms with Gasteiger partial charge in [0, 0.05) is 19.6 Å². The fourth-order valence-electron chi connectivity index (χ4n) is 2.95. The second kappa shape index (κ2) is 6.89. The monoisotopic (exact) mass is 300 g/mol. The van der Waals surface area contributed by atoms with E-state index in [0.717, 1.165) is 0 Å². The predicted molar refractivity (Wildman–Crippen MR) is 75.5 cm³/mol. The van der Waals surface area contributed by atoms with Gasteiger partial charge in [-0.3, -0.25) is 14.4 Å². The second-order valence-electron chi connectivity index (χ2n) is 5.62. The van der Waals surface area contributed by atoms with Crippen molar-refractivity contribution in [2.75, 3.05) is 19.6 Å². The van der Waals surface area contributed by atoms with Crippen LogP contribution in [0.1, 0.15) is 33.1 Å². The molecule has 1 amide bonds. The summed E-state index contributed by atoms with van der Waals surface area (Å²) in [5.74, 6) is -4.46. The molecule has 1 fully saturated rings. The van der Waals surface area contributed by atoms with Crippen LogP contribution in [0.25, 0.3) is 0 Å². The van der Waals surface area contributed by atoms with Crippen LogP contribution in [0.4, 0.5) is 0 Å². The minimum absolute atomic E-state index is 0.0626. The molecule has 1 heterocycles. The third-order valence-corrected chi connectivity index (χ3v) is 4.73. The lowest BCUT2D eigenvalue weighted by Gasteiger charge is -2.40. The van der Waals surface area contributed by atoms with E-state index < -0.39 is 29.2 Å². The van der Waals surface area contributed by atoms with Crippen molar-refractivity contribution < 1.29 is 24.6 Å². The van der Waals surface area contributed by atoms with Gasteiger partial charge >= 0.3 is 11.9 Å². The SMILES string of the molecule is CCC(CC)(CN)C(=O)N1CCC(C(=O)O)C(C(=O)O)C1. The quantitative estimate of drug-likeness (QED) is 0.652. The van der Waals surface area contributed by atoms with Gasteiger partial charge in [-0.15, -0.1) is 0 Å². The fraction of sp³-hybridized carbons (Fsp3) is 0.786. The molecule has 0 aromatic heterocycles. The number of hydrogen-bond acceptors (Lipinski definition) is 4. The Bertz CT molecular complexity index is 411. The van der Waals surface area contributed by atoms with Crippen molar-refractivity contribution in [1.29, 1.82) is 0 Å². The van der Waals surface area contributed by atoms with Gasteiger partial charge in [-0.25, -0.2) is 0 Å². The lowest BCUT2D eigenvalue weighted by atomic mass is 9.79. The molecule has 1 saturated heterocycles. The smallest absolute Gasteiger partial charge is 0.309 e. The van der Waals surface area contributed by atoms with Crippen molar-refractivity contribution in [3.05, 3.63) is 0 Å². The lowest BCUT2D eigenvalue weighted by molar-refractivity contribution is -0.161. The Labute approximate surface area is 124 Å². The highest BCUT2D eigenvalue weighted by Crippen LogP contribution is 2.32. The first-order chi connectivity index (χ1) is 9.82. The molecule has 2 unspecified atom stereocenters. The maximum Gasteiger partial charge on any atom is 0.309 e. The summed E-state index contributed by atoms with van der Waals surface area (Å²) in [7, 11) is 0. The number of rotatable bonds is 6. The number of aliphatic carboxylic acids is 2. The van der Waals surface area contributed by atoms with E-state index in [1.165, 1.54) is 4.90 Å². The first-order valence-corrected chi connectivity index (χ1v) is 7.28. The topological polar surface area (TPSA) is 121 Å². The molecule has 1 rings (SSSR count). The normalized spacial score (nSPS) is 22.9. The van der Waals surface area contributed by atoms with E-state index in [1.807, 2.05) is 13.8 Å². The highest BCUT2D eigenvalue weighted by Gasteiger charge is 2.44. The summed E-state index contributed by atoms with van der Waals surface area (Å²) in [5, 5.41) is 18.3. The first kappa shape index (κ1) is 17.4. The van der Waals surface area contributed by atoms with Crippen LogP contribution in [0.3, 0.4) is 0 Å². The minimum Gasteiger partial charge on any atom is -0.481 e. The maximum absolute atomic E-state index is 12.7. The van der Waals surface area contributed by atoms with Crippen LogP contribution in [0.5, 0.6) is 0 Å². The van der Waals surface area contributed by atoms with Crippen molar-refractivity contribution in [3.63, 3.8) is 0 Å². The Morgan fingerprint density at radius 1 is 1.14 bits per heavy atom. The molecule has 120 valence electrons. The number of nitrogens with two attached hydrogens (primary N) is 1. The molecule has 0 bridgehead atoms. The number of hydrogen-bond donors (Lipinski definition) is 3. The van der Waals surface area contributed by atoms with Crippen LogP contribution >= 0.6 is 0 Å². The third kappa shape index (κ3) is 3.34. The first-order valence-electron chi connectivity index (χ1n) is 7.28. The van der Waals surface area contributed by atoms with Crippen LogP contribution in [0, 0.1) is 17.3 Å². The summed E-state index contributed by atoms with van der Waals surface area (Å²) in [4.78, 5) is 36.5. The second-order valence-corrected chi connectivity index (χ2v) is 5.62. The molecular formula is C14H24N2O5. The predicted octanol–water partition coefficient (Wildman–Crippen LogP) is 0.385. The molecule has 0 aliphatic carbocycles. The van der Waals surface area contributed by atoms with Crippen molar-refractivity contribution in [3.8, 4) is 0 Å². The van der Waals surface area contributed by atoms with Crippen LogP contribution in [-0.2, 0) is 14.4 Å². The molecule has 1 aliphatic rings. The van der Waals surface area contributed by atoms with Gasteiger partial charge in [0.15, 0.2) is 0 Å². The highest BCUT2D eigenvalue weighted by molar-refractivity contribution is 5.85. The minimum atomic E-state index is -1.17. The van der Waals surface area contributed by atoms with E-state index in [1.54, 1.807) is 0 Å². The van der Waals surface area contributed by atoms with Gasteiger partial charge in [-0.1, -0.05) is 13.8 Å². The summed E-state index contributed by atoms with van der Waals surface area (Å²) in [5.41, 5.74) is 5.07. The number of carboxylic acids is 2. The van der Waals surface area contributed by atoms with E-state index >= 15 is 0 Å². The fourth-order valence-corrected chi connectivity index (χ4v) is 2.95. The Kier molecular flexibility index (Phi) is 5.71. The van der Waals surface area contributed by atoms with E-state index in [4.69, 9.17) is 10.8 Å². The van der Waals surface area contributed by atoms with Gasteiger partial charge in [-0.2, -0.15) is 0 Å². The van der Waals surface area contributed by atoms with Gasteiger partial charge in [0.1, 0.15) is 0 Å². The van der Waals surface area contributed by atoms with Gasteiger partial charge in [0.05, 0.1) is 17.3 Å². The molecule has 0 spiro atoms. The largest absolute Gasteiger partial charge is 0.481 e. The molecule has 4 N–H and O–H groups in total. The van der Waals surface area contributed by atoms with Crippen LogP contribution in [0.15, 0.2) is 0 Å². The summed E-state index contributed by atoms with van der Waals surface area (Å²) in [6.07, 6.45) is 1.32. The molecule has 7 nitrogen and oxygen atoms in total. The van der Waals surface area contributed by atoms with Crippen LogP contribution in [-0.4, -0.2) is 52.6 Å².